The van der Waals surface area contributed by atoms with E-state index < -0.39 is 6.10 Å². The zero-order valence-corrected chi connectivity index (χ0v) is 13.9. The number of nitrogens with one attached hydrogen (secondary N) is 2. The molecule has 1 saturated carbocycles. The quantitative estimate of drug-likeness (QED) is 0.682. The van der Waals surface area contributed by atoms with Crippen LogP contribution in [0, 0.1) is 5.92 Å². The summed E-state index contributed by atoms with van der Waals surface area (Å²) in [6, 6.07) is 7.22. The van der Waals surface area contributed by atoms with Crippen molar-refractivity contribution in [3.05, 3.63) is 41.0 Å². The average molecular weight is 350 g/mol. The second-order valence-corrected chi connectivity index (χ2v) is 6.39. The number of carbonyl (C=O) groups excluding carboxylic acids is 1. The van der Waals surface area contributed by atoms with E-state index in [1.807, 2.05) is 18.2 Å². The summed E-state index contributed by atoms with van der Waals surface area (Å²) in [5, 5.41) is 19.8. The Hall–Kier alpha value is -1.89. The van der Waals surface area contributed by atoms with E-state index in [0.717, 1.165) is 0 Å². The molecule has 1 unspecified atom stereocenters. The van der Waals surface area contributed by atoms with E-state index in [0.29, 0.717) is 34.4 Å². The smallest absolute Gasteiger partial charge is 0.255 e. The SMILES string of the molecule is O=C(NCC(O)COCC1CC1)c1cn[nH]c1-c1ccccc1Cl. The Bertz CT molecular complexity index is 700. The molecule has 1 aliphatic rings. The summed E-state index contributed by atoms with van der Waals surface area (Å²) in [4.78, 5) is 12.3. The fourth-order valence-electron chi connectivity index (χ4n) is 2.35. The molecule has 0 radical (unpaired) electrons. The molecular formula is C17H20ClN3O3. The Labute approximate surface area is 145 Å². The summed E-state index contributed by atoms with van der Waals surface area (Å²) < 4.78 is 5.41. The van der Waals surface area contributed by atoms with E-state index in [1.54, 1.807) is 6.07 Å². The third-order valence-electron chi connectivity index (χ3n) is 3.89. The lowest BCUT2D eigenvalue weighted by molar-refractivity contribution is 0.0321. The van der Waals surface area contributed by atoms with Crippen molar-refractivity contribution in [3.8, 4) is 11.3 Å². The van der Waals surface area contributed by atoms with Gasteiger partial charge in [-0.25, -0.2) is 0 Å². The molecule has 0 aliphatic heterocycles. The first-order valence-corrected chi connectivity index (χ1v) is 8.35. The lowest BCUT2D eigenvalue weighted by Crippen LogP contribution is -2.34. The van der Waals surface area contributed by atoms with Gasteiger partial charge in [-0.1, -0.05) is 29.8 Å². The monoisotopic (exact) mass is 349 g/mol. The first kappa shape index (κ1) is 17.0. The maximum absolute atomic E-state index is 12.3. The summed E-state index contributed by atoms with van der Waals surface area (Å²) in [6.45, 7) is 1.03. The number of carbonyl (C=O) groups is 1. The van der Waals surface area contributed by atoms with E-state index in [4.69, 9.17) is 16.3 Å². The zero-order valence-electron chi connectivity index (χ0n) is 13.2. The summed E-state index contributed by atoms with van der Waals surface area (Å²) in [5.41, 5.74) is 1.64. The van der Waals surface area contributed by atoms with Crippen LogP contribution in [-0.4, -0.2) is 47.1 Å². The van der Waals surface area contributed by atoms with Gasteiger partial charge in [-0.05, 0) is 24.8 Å². The minimum Gasteiger partial charge on any atom is -0.389 e. The van der Waals surface area contributed by atoms with E-state index >= 15 is 0 Å². The van der Waals surface area contributed by atoms with Gasteiger partial charge in [-0.3, -0.25) is 9.89 Å². The summed E-state index contributed by atoms with van der Waals surface area (Å²) in [5.74, 6) is 0.329. The molecule has 0 bridgehead atoms. The molecule has 1 aromatic carbocycles. The number of aromatic nitrogens is 2. The second-order valence-electron chi connectivity index (χ2n) is 5.98. The first-order valence-electron chi connectivity index (χ1n) is 7.97. The molecule has 0 saturated heterocycles. The molecule has 1 amide bonds. The van der Waals surface area contributed by atoms with Crippen molar-refractivity contribution in [1.29, 1.82) is 0 Å². The Morgan fingerprint density at radius 1 is 1.46 bits per heavy atom. The summed E-state index contributed by atoms with van der Waals surface area (Å²) in [6.07, 6.45) is 3.13. The molecule has 1 atom stereocenters. The van der Waals surface area contributed by atoms with E-state index in [9.17, 15) is 9.90 Å². The fraction of sp³-hybridized carbons (Fsp3) is 0.412. The van der Waals surface area contributed by atoms with Crippen LogP contribution in [0.4, 0.5) is 0 Å². The number of aliphatic hydroxyl groups is 1. The molecule has 6 nitrogen and oxygen atoms in total. The molecule has 0 spiro atoms. The molecule has 1 aromatic heterocycles. The predicted molar refractivity (Wildman–Crippen MR) is 90.9 cm³/mol. The molecule has 1 aliphatic carbocycles. The standard InChI is InChI=1S/C17H20ClN3O3/c18-15-4-2-1-3-13(15)16-14(8-20-21-16)17(23)19-7-12(22)10-24-9-11-5-6-11/h1-4,8,11-12,22H,5-7,9-10H2,(H,19,23)(H,20,21). The highest BCUT2D eigenvalue weighted by Crippen LogP contribution is 2.29. The Balaban J connectivity index is 1.55. The zero-order chi connectivity index (χ0) is 16.9. The largest absolute Gasteiger partial charge is 0.389 e. The Morgan fingerprint density at radius 3 is 3.00 bits per heavy atom. The van der Waals surface area contributed by atoms with Crippen LogP contribution < -0.4 is 5.32 Å². The van der Waals surface area contributed by atoms with Crippen LogP contribution in [0.25, 0.3) is 11.3 Å². The van der Waals surface area contributed by atoms with Gasteiger partial charge in [0.2, 0.25) is 0 Å². The van der Waals surface area contributed by atoms with Gasteiger partial charge < -0.3 is 15.2 Å². The van der Waals surface area contributed by atoms with Crippen molar-refractivity contribution in [2.24, 2.45) is 5.92 Å². The number of aromatic amines is 1. The highest BCUT2D eigenvalue weighted by molar-refractivity contribution is 6.33. The number of nitrogens with zero attached hydrogens (tertiary/aromatic N) is 1. The fourth-order valence-corrected chi connectivity index (χ4v) is 2.58. The number of halogens is 1. The van der Waals surface area contributed by atoms with Crippen molar-refractivity contribution in [2.75, 3.05) is 19.8 Å². The van der Waals surface area contributed by atoms with Crippen LogP contribution in [0.3, 0.4) is 0 Å². The van der Waals surface area contributed by atoms with E-state index in [-0.39, 0.29) is 19.1 Å². The minimum atomic E-state index is -0.733. The molecule has 128 valence electrons. The first-order chi connectivity index (χ1) is 11.6. The average Bonchev–Trinajstić information content (AvgIpc) is 3.27. The third kappa shape index (κ3) is 4.35. The number of aliphatic hydroxyl groups excluding tert-OH is 1. The van der Waals surface area contributed by atoms with Crippen molar-refractivity contribution in [2.45, 2.75) is 18.9 Å². The maximum Gasteiger partial charge on any atom is 0.255 e. The molecule has 7 heteroatoms. The number of hydrogen-bond acceptors (Lipinski definition) is 4. The van der Waals surface area contributed by atoms with Crippen LogP contribution >= 0.6 is 11.6 Å². The van der Waals surface area contributed by atoms with Crippen molar-refractivity contribution in [3.63, 3.8) is 0 Å². The van der Waals surface area contributed by atoms with Gasteiger partial charge in [0.1, 0.15) is 0 Å². The van der Waals surface area contributed by atoms with Crippen LogP contribution in [0.2, 0.25) is 5.02 Å². The number of amides is 1. The molecular weight excluding hydrogens is 330 g/mol. The van der Waals surface area contributed by atoms with Gasteiger partial charge in [0, 0.05) is 23.7 Å². The van der Waals surface area contributed by atoms with E-state index in [1.165, 1.54) is 19.0 Å². The van der Waals surface area contributed by atoms with Crippen molar-refractivity contribution >= 4 is 17.5 Å². The van der Waals surface area contributed by atoms with Crippen molar-refractivity contribution in [1.82, 2.24) is 15.5 Å². The third-order valence-corrected chi connectivity index (χ3v) is 4.22. The van der Waals surface area contributed by atoms with E-state index in [2.05, 4.69) is 15.5 Å². The molecule has 3 N–H and O–H groups in total. The molecule has 1 heterocycles. The predicted octanol–water partition coefficient (Wildman–Crippen LogP) is 2.25. The summed E-state index contributed by atoms with van der Waals surface area (Å²) >= 11 is 6.17. The number of ether oxygens (including phenoxy) is 1. The van der Waals surface area contributed by atoms with Gasteiger partial charge in [0.15, 0.2) is 0 Å². The van der Waals surface area contributed by atoms with Crippen LogP contribution in [0.1, 0.15) is 23.2 Å². The molecule has 1 fully saturated rings. The van der Waals surface area contributed by atoms with Gasteiger partial charge in [0.25, 0.3) is 5.91 Å². The molecule has 24 heavy (non-hydrogen) atoms. The van der Waals surface area contributed by atoms with Crippen LogP contribution in [-0.2, 0) is 4.74 Å². The van der Waals surface area contributed by atoms with Crippen LogP contribution in [0.15, 0.2) is 30.5 Å². The highest BCUT2D eigenvalue weighted by Gasteiger charge is 2.22. The van der Waals surface area contributed by atoms with Crippen molar-refractivity contribution < 1.29 is 14.6 Å². The minimum absolute atomic E-state index is 0.122. The molecule has 2 aromatic rings. The van der Waals surface area contributed by atoms with Crippen LogP contribution in [0.5, 0.6) is 0 Å². The van der Waals surface area contributed by atoms with Gasteiger partial charge >= 0.3 is 0 Å². The maximum atomic E-state index is 12.3. The normalized spacial score (nSPS) is 15.2. The second kappa shape index (κ2) is 7.79. The lowest BCUT2D eigenvalue weighted by atomic mass is 10.1. The Kier molecular flexibility index (Phi) is 5.50. The lowest BCUT2D eigenvalue weighted by Gasteiger charge is -2.12. The number of H-pyrrole nitrogens is 1. The summed E-state index contributed by atoms with van der Waals surface area (Å²) in [7, 11) is 0. The van der Waals surface area contributed by atoms with Gasteiger partial charge in [-0.15, -0.1) is 0 Å². The highest BCUT2D eigenvalue weighted by atomic mass is 35.5. The molecule has 3 rings (SSSR count). The number of benzene rings is 1. The number of hydrogen-bond donors (Lipinski definition) is 3. The van der Waals surface area contributed by atoms with Gasteiger partial charge in [0.05, 0.1) is 30.2 Å². The van der Waals surface area contributed by atoms with Gasteiger partial charge in [-0.2, -0.15) is 5.10 Å². The number of rotatable bonds is 8. The topological polar surface area (TPSA) is 87.2 Å². The Morgan fingerprint density at radius 2 is 2.25 bits per heavy atom.